The summed E-state index contributed by atoms with van der Waals surface area (Å²) in [5.74, 6) is 0.0970. The van der Waals surface area contributed by atoms with Crippen molar-refractivity contribution in [1.82, 2.24) is 4.90 Å². The first-order valence-electron chi connectivity index (χ1n) is 10.6. The Hall–Kier alpha value is -2.10. The van der Waals surface area contributed by atoms with E-state index in [1.807, 2.05) is 23.1 Å². The van der Waals surface area contributed by atoms with E-state index in [4.69, 9.17) is 4.74 Å². The van der Waals surface area contributed by atoms with Crippen LogP contribution in [0.5, 0.6) is 0 Å². The normalized spacial score (nSPS) is 11.5. The second kappa shape index (κ2) is 14.0. The summed E-state index contributed by atoms with van der Waals surface area (Å²) in [5.41, 5.74) is 2.43. The Kier molecular flexibility index (Phi) is 11.9. The Labute approximate surface area is 171 Å². The van der Waals surface area contributed by atoms with Gasteiger partial charge in [-0.2, -0.15) is 0 Å². The first kappa shape index (κ1) is 23.9. The maximum absolute atomic E-state index is 12.8. The van der Waals surface area contributed by atoms with E-state index in [1.165, 1.54) is 18.4 Å². The molecule has 1 amide bonds. The Morgan fingerprint density at radius 3 is 2.36 bits per heavy atom. The molecule has 0 spiro atoms. The molecule has 0 saturated carbocycles. The lowest BCUT2D eigenvalue weighted by Crippen LogP contribution is -2.36. The predicted octanol–water partition coefficient (Wildman–Crippen LogP) is 5.48. The maximum atomic E-state index is 12.8. The van der Waals surface area contributed by atoms with Crippen molar-refractivity contribution in [3.05, 3.63) is 41.5 Å². The average Bonchev–Trinajstić information content (AvgIpc) is 2.66. The SMILES string of the molecule is CCCCCC(=Cc1ccccc1)CN(CC(C)C)C(=O)CCC(=O)OCC. The van der Waals surface area contributed by atoms with Crippen LogP contribution in [-0.2, 0) is 14.3 Å². The first-order chi connectivity index (χ1) is 13.5. The van der Waals surface area contributed by atoms with Gasteiger partial charge >= 0.3 is 5.97 Å². The van der Waals surface area contributed by atoms with Crippen LogP contribution in [0.2, 0.25) is 0 Å². The van der Waals surface area contributed by atoms with Crippen LogP contribution in [0, 0.1) is 5.92 Å². The highest BCUT2D eigenvalue weighted by Crippen LogP contribution is 2.17. The Morgan fingerprint density at radius 2 is 1.75 bits per heavy atom. The number of carbonyl (C=O) groups excluding carboxylic acids is 2. The molecule has 4 nitrogen and oxygen atoms in total. The highest BCUT2D eigenvalue weighted by molar-refractivity contribution is 5.81. The van der Waals surface area contributed by atoms with E-state index in [0.717, 1.165) is 18.4 Å². The number of hydrogen-bond acceptors (Lipinski definition) is 3. The molecule has 28 heavy (non-hydrogen) atoms. The van der Waals surface area contributed by atoms with Crippen molar-refractivity contribution in [2.45, 2.75) is 66.2 Å². The van der Waals surface area contributed by atoms with Crippen LogP contribution in [0.4, 0.5) is 0 Å². The van der Waals surface area contributed by atoms with Crippen LogP contribution in [0.3, 0.4) is 0 Å². The number of amides is 1. The molecule has 0 fully saturated rings. The van der Waals surface area contributed by atoms with Gasteiger partial charge in [0.1, 0.15) is 0 Å². The molecule has 0 aliphatic carbocycles. The summed E-state index contributed by atoms with van der Waals surface area (Å²) >= 11 is 0. The van der Waals surface area contributed by atoms with E-state index in [0.29, 0.717) is 25.6 Å². The summed E-state index contributed by atoms with van der Waals surface area (Å²) in [7, 11) is 0. The molecule has 0 heterocycles. The quantitative estimate of drug-likeness (QED) is 0.333. The first-order valence-corrected chi connectivity index (χ1v) is 10.6. The Bertz CT molecular complexity index is 608. The molecule has 1 aromatic carbocycles. The van der Waals surface area contributed by atoms with Crippen molar-refractivity contribution in [3.63, 3.8) is 0 Å². The van der Waals surface area contributed by atoms with Crippen molar-refractivity contribution in [3.8, 4) is 0 Å². The fraction of sp³-hybridized carbons (Fsp3) is 0.583. The van der Waals surface area contributed by atoms with E-state index in [1.54, 1.807) is 6.92 Å². The van der Waals surface area contributed by atoms with Crippen molar-refractivity contribution in [2.24, 2.45) is 5.92 Å². The van der Waals surface area contributed by atoms with Crippen molar-refractivity contribution in [1.29, 1.82) is 0 Å². The van der Waals surface area contributed by atoms with Gasteiger partial charge in [-0.05, 0) is 31.2 Å². The van der Waals surface area contributed by atoms with Crippen molar-refractivity contribution >= 4 is 18.0 Å². The van der Waals surface area contributed by atoms with Gasteiger partial charge in [-0.15, -0.1) is 0 Å². The number of benzene rings is 1. The van der Waals surface area contributed by atoms with Gasteiger partial charge in [-0.1, -0.05) is 75.6 Å². The molecule has 1 rings (SSSR count). The number of carbonyl (C=O) groups is 2. The number of ether oxygens (including phenoxy) is 1. The zero-order valence-corrected chi connectivity index (χ0v) is 18.1. The second-order valence-electron chi connectivity index (χ2n) is 7.64. The summed E-state index contributed by atoms with van der Waals surface area (Å²) in [5, 5.41) is 0. The molecular weight excluding hydrogens is 350 g/mol. The third-order valence-electron chi connectivity index (χ3n) is 4.45. The van der Waals surface area contributed by atoms with Crippen LogP contribution < -0.4 is 0 Å². The number of rotatable bonds is 13. The van der Waals surface area contributed by atoms with Gasteiger partial charge in [-0.25, -0.2) is 0 Å². The predicted molar refractivity (Wildman–Crippen MR) is 116 cm³/mol. The number of esters is 1. The van der Waals surface area contributed by atoms with Crippen LogP contribution >= 0.6 is 0 Å². The molecule has 4 heteroatoms. The minimum Gasteiger partial charge on any atom is -0.466 e. The van der Waals surface area contributed by atoms with E-state index < -0.39 is 0 Å². The lowest BCUT2D eigenvalue weighted by molar-refractivity contribution is -0.145. The number of nitrogens with zero attached hydrogens (tertiary/aromatic N) is 1. The highest BCUT2D eigenvalue weighted by Gasteiger charge is 2.18. The van der Waals surface area contributed by atoms with Gasteiger partial charge in [0.25, 0.3) is 0 Å². The van der Waals surface area contributed by atoms with Gasteiger partial charge in [0.2, 0.25) is 5.91 Å². The summed E-state index contributed by atoms with van der Waals surface area (Å²) in [6, 6.07) is 10.3. The van der Waals surface area contributed by atoms with Crippen molar-refractivity contribution in [2.75, 3.05) is 19.7 Å². The van der Waals surface area contributed by atoms with E-state index in [9.17, 15) is 9.59 Å². The van der Waals surface area contributed by atoms with Gasteiger partial charge in [0, 0.05) is 19.5 Å². The Morgan fingerprint density at radius 1 is 1.04 bits per heavy atom. The molecule has 0 aliphatic heterocycles. The number of hydrogen-bond donors (Lipinski definition) is 0. The minimum atomic E-state index is -0.302. The average molecular weight is 388 g/mol. The molecule has 0 saturated heterocycles. The third kappa shape index (κ3) is 10.3. The lowest BCUT2D eigenvalue weighted by Gasteiger charge is -2.26. The van der Waals surface area contributed by atoms with Crippen molar-refractivity contribution < 1.29 is 14.3 Å². The molecule has 0 aliphatic rings. The van der Waals surface area contributed by atoms with Gasteiger partial charge in [-0.3, -0.25) is 9.59 Å². The molecule has 0 atom stereocenters. The van der Waals surface area contributed by atoms with Crippen LogP contribution in [-0.4, -0.2) is 36.5 Å². The zero-order chi connectivity index (χ0) is 20.8. The Balaban J connectivity index is 2.87. The molecule has 0 N–H and O–H groups in total. The standard InChI is InChI=1S/C24H37NO3/c1-5-7-9-14-22(17-21-12-10-8-11-13-21)19-25(18-20(3)4)23(26)15-16-24(27)28-6-2/h8,10-13,17,20H,5-7,9,14-16,18-19H2,1-4H3. The van der Waals surface area contributed by atoms with E-state index >= 15 is 0 Å². The van der Waals surface area contributed by atoms with Crippen LogP contribution in [0.25, 0.3) is 6.08 Å². The zero-order valence-electron chi connectivity index (χ0n) is 18.1. The monoisotopic (exact) mass is 387 g/mol. The fourth-order valence-corrected chi connectivity index (χ4v) is 3.12. The summed E-state index contributed by atoms with van der Waals surface area (Å²) in [4.78, 5) is 26.3. The number of unbranched alkanes of at least 4 members (excludes halogenated alkanes) is 2. The molecular formula is C24H37NO3. The fourth-order valence-electron chi connectivity index (χ4n) is 3.12. The van der Waals surface area contributed by atoms with Gasteiger partial charge < -0.3 is 9.64 Å². The van der Waals surface area contributed by atoms with Gasteiger partial charge in [0.05, 0.1) is 13.0 Å². The minimum absolute atomic E-state index is 0.0243. The smallest absolute Gasteiger partial charge is 0.306 e. The van der Waals surface area contributed by atoms with E-state index in [-0.39, 0.29) is 24.7 Å². The van der Waals surface area contributed by atoms with Crippen LogP contribution in [0.1, 0.15) is 71.8 Å². The van der Waals surface area contributed by atoms with E-state index in [2.05, 4.69) is 39.0 Å². The highest BCUT2D eigenvalue weighted by atomic mass is 16.5. The molecule has 0 unspecified atom stereocenters. The largest absolute Gasteiger partial charge is 0.466 e. The lowest BCUT2D eigenvalue weighted by atomic mass is 10.0. The third-order valence-corrected chi connectivity index (χ3v) is 4.45. The molecule has 156 valence electrons. The van der Waals surface area contributed by atoms with Gasteiger partial charge in [0.15, 0.2) is 0 Å². The molecule has 0 aromatic heterocycles. The summed E-state index contributed by atoms with van der Waals surface area (Å²) in [6.07, 6.45) is 7.04. The van der Waals surface area contributed by atoms with Crippen LogP contribution in [0.15, 0.2) is 35.9 Å². The molecule has 1 aromatic rings. The molecule has 0 radical (unpaired) electrons. The summed E-state index contributed by atoms with van der Waals surface area (Å²) in [6.45, 7) is 9.88. The maximum Gasteiger partial charge on any atom is 0.306 e. The summed E-state index contributed by atoms with van der Waals surface area (Å²) < 4.78 is 4.96. The molecule has 0 bridgehead atoms. The second-order valence-corrected chi connectivity index (χ2v) is 7.64. The topological polar surface area (TPSA) is 46.6 Å².